The fraction of sp³-hybridized carbons (Fsp3) is 0.412. The number of aromatic nitrogens is 2. The number of benzene rings is 1. The average Bonchev–Trinajstić information content (AvgIpc) is 2.98. The third-order valence-electron chi connectivity index (χ3n) is 4.06. The summed E-state index contributed by atoms with van der Waals surface area (Å²) < 4.78 is 2.25. The molecule has 1 N–H and O–H groups in total. The van der Waals surface area contributed by atoms with Gasteiger partial charge in [0.15, 0.2) is 0 Å². The number of fused-ring (bicyclic) bond motifs is 1. The first-order valence-corrected chi connectivity index (χ1v) is 8.96. The number of nitrogens with zero attached hydrogens (tertiary/aromatic N) is 2. The lowest BCUT2D eigenvalue weighted by atomic mass is 10.1. The van der Waals surface area contributed by atoms with Gasteiger partial charge >= 0.3 is 0 Å². The van der Waals surface area contributed by atoms with Crippen molar-refractivity contribution in [3.63, 3.8) is 0 Å². The van der Waals surface area contributed by atoms with Gasteiger partial charge in [0, 0.05) is 30.4 Å². The molecule has 0 bridgehead atoms. The minimum Gasteiger partial charge on any atom is -0.334 e. The van der Waals surface area contributed by atoms with Crippen molar-refractivity contribution in [2.75, 3.05) is 11.6 Å². The van der Waals surface area contributed by atoms with Crippen LogP contribution in [0.4, 0.5) is 5.69 Å². The van der Waals surface area contributed by atoms with E-state index in [4.69, 9.17) is 4.98 Å². The van der Waals surface area contributed by atoms with Gasteiger partial charge in [0.2, 0.25) is 5.91 Å². The minimum absolute atomic E-state index is 0.0359. The van der Waals surface area contributed by atoms with E-state index in [1.54, 1.807) is 11.8 Å². The molecule has 4 nitrogen and oxygen atoms in total. The number of amides is 1. The molecular formula is C17H21N3OS. The van der Waals surface area contributed by atoms with Crippen LogP contribution in [0.3, 0.4) is 0 Å². The second-order valence-electron chi connectivity index (χ2n) is 5.64. The molecule has 0 radical (unpaired) electrons. The van der Waals surface area contributed by atoms with E-state index in [2.05, 4.69) is 16.1 Å². The average molecular weight is 315 g/mol. The van der Waals surface area contributed by atoms with Crippen LogP contribution in [0.1, 0.15) is 25.6 Å². The van der Waals surface area contributed by atoms with Gasteiger partial charge in [-0.2, -0.15) is 11.8 Å². The largest absolute Gasteiger partial charge is 0.334 e. The Morgan fingerprint density at radius 2 is 2.27 bits per heavy atom. The monoisotopic (exact) mass is 315 g/mol. The first kappa shape index (κ1) is 15.2. The Hall–Kier alpha value is -1.75. The molecule has 116 valence electrons. The highest BCUT2D eigenvalue weighted by molar-refractivity contribution is 7.99. The third kappa shape index (κ3) is 3.19. The van der Waals surface area contributed by atoms with Crippen LogP contribution in [0.15, 0.2) is 30.5 Å². The van der Waals surface area contributed by atoms with Crippen molar-refractivity contribution in [2.24, 2.45) is 0 Å². The number of rotatable bonds is 4. The summed E-state index contributed by atoms with van der Waals surface area (Å²) in [5.74, 6) is 1.21. The van der Waals surface area contributed by atoms with E-state index in [0.717, 1.165) is 29.9 Å². The molecule has 1 aromatic carbocycles. The Balaban J connectivity index is 1.82. The van der Waals surface area contributed by atoms with Crippen LogP contribution in [-0.4, -0.2) is 27.0 Å². The number of carbonyl (C=O) groups excluding carboxylic acids is 1. The number of carbonyl (C=O) groups is 1. The summed E-state index contributed by atoms with van der Waals surface area (Å²) in [4.78, 5) is 16.7. The van der Waals surface area contributed by atoms with Gasteiger partial charge in [-0.15, -0.1) is 0 Å². The molecule has 1 atom stereocenters. The fourth-order valence-corrected chi connectivity index (χ4v) is 2.93. The van der Waals surface area contributed by atoms with Crippen LogP contribution in [0.5, 0.6) is 0 Å². The Kier molecular flexibility index (Phi) is 4.52. The zero-order valence-corrected chi connectivity index (χ0v) is 13.8. The summed E-state index contributed by atoms with van der Waals surface area (Å²) in [7, 11) is 0. The van der Waals surface area contributed by atoms with Gasteiger partial charge in [0.25, 0.3) is 0 Å². The van der Waals surface area contributed by atoms with Crippen LogP contribution in [-0.2, 0) is 17.8 Å². The molecule has 1 aliphatic rings. The van der Waals surface area contributed by atoms with E-state index in [0.29, 0.717) is 0 Å². The SMILES string of the molecule is CSC(C)C(=O)Nc1cccc(-c2cn3c(n2)CCCC3)c1. The molecule has 1 unspecified atom stereocenters. The van der Waals surface area contributed by atoms with Crippen LogP contribution in [0.2, 0.25) is 0 Å². The Labute approximate surface area is 135 Å². The van der Waals surface area contributed by atoms with E-state index in [1.807, 2.05) is 37.4 Å². The highest BCUT2D eigenvalue weighted by Gasteiger charge is 2.14. The predicted octanol–water partition coefficient (Wildman–Crippen LogP) is 3.58. The summed E-state index contributed by atoms with van der Waals surface area (Å²) in [5, 5.41) is 2.92. The Bertz CT molecular complexity index is 657. The number of thioether (sulfide) groups is 1. The quantitative estimate of drug-likeness (QED) is 0.938. The molecule has 0 fully saturated rings. The van der Waals surface area contributed by atoms with Gasteiger partial charge in [-0.3, -0.25) is 4.79 Å². The van der Waals surface area contributed by atoms with Gasteiger partial charge in [-0.1, -0.05) is 12.1 Å². The van der Waals surface area contributed by atoms with Gasteiger partial charge < -0.3 is 9.88 Å². The van der Waals surface area contributed by atoms with Crippen molar-refractivity contribution in [2.45, 2.75) is 38.0 Å². The van der Waals surface area contributed by atoms with Gasteiger partial charge in [-0.05, 0) is 38.2 Å². The van der Waals surface area contributed by atoms with Gasteiger partial charge in [-0.25, -0.2) is 4.98 Å². The zero-order valence-electron chi connectivity index (χ0n) is 13.0. The first-order chi connectivity index (χ1) is 10.7. The molecule has 22 heavy (non-hydrogen) atoms. The summed E-state index contributed by atoms with van der Waals surface area (Å²) in [6, 6.07) is 7.93. The molecule has 2 heterocycles. The van der Waals surface area contributed by atoms with E-state index < -0.39 is 0 Å². The topological polar surface area (TPSA) is 46.9 Å². The second-order valence-corrected chi connectivity index (χ2v) is 6.82. The Morgan fingerprint density at radius 1 is 1.41 bits per heavy atom. The standard InChI is InChI=1S/C17H21N3OS/c1-12(22-2)17(21)18-14-7-5-6-13(10-14)15-11-20-9-4-3-8-16(20)19-15/h5-7,10-12H,3-4,8-9H2,1-2H3,(H,18,21). The van der Waals surface area contributed by atoms with Crippen molar-refractivity contribution >= 4 is 23.4 Å². The molecule has 1 aromatic heterocycles. The lowest BCUT2D eigenvalue weighted by Crippen LogP contribution is -2.21. The molecule has 0 spiro atoms. The van der Waals surface area contributed by atoms with E-state index in [-0.39, 0.29) is 11.2 Å². The number of aryl methyl sites for hydroxylation is 2. The maximum atomic E-state index is 12.0. The minimum atomic E-state index is -0.0522. The summed E-state index contributed by atoms with van der Waals surface area (Å²) >= 11 is 1.54. The maximum absolute atomic E-state index is 12.0. The van der Waals surface area contributed by atoms with Crippen LogP contribution < -0.4 is 5.32 Å². The third-order valence-corrected chi connectivity index (χ3v) is 4.98. The Morgan fingerprint density at radius 3 is 3.05 bits per heavy atom. The number of hydrogen-bond acceptors (Lipinski definition) is 3. The normalized spacial score (nSPS) is 15.2. The molecule has 1 amide bonds. The summed E-state index contributed by atoms with van der Waals surface area (Å²) in [6.45, 7) is 2.97. The lowest BCUT2D eigenvalue weighted by Gasteiger charge is -2.11. The van der Waals surface area contributed by atoms with Crippen LogP contribution >= 0.6 is 11.8 Å². The van der Waals surface area contributed by atoms with Crippen LogP contribution in [0.25, 0.3) is 11.3 Å². The van der Waals surface area contributed by atoms with Crippen molar-refractivity contribution in [1.82, 2.24) is 9.55 Å². The summed E-state index contributed by atoms with van der Waals surface area (Å²) in [5.41, 5.74) is 2.87. The lowest BCUT2D eigenvalue weighted by molar-refractivity contribution is -0.115. The van der Waals surface area contributed by atoms with E-state index in [1.165, 1.54) is 18.7 Å². The number of imidazole rings is 1. The molecule has 1 aliphatic heterocycles. The second kappa shape index (κ2) is 6.57. The molecular weight excluding hydrogens is 294 g/mol. The molecule has 2 aromatic rings. The number of anilines is 1. The smallest absolute Gasteiger partial charge is 0.237 e. The number of nitrogens with one attached hydrogen (secondary N) is 1. The predicted molar refractivity (Wildman–Crippen MR) is 92.2 cm³/mol. The van der Waals surface area contributed by atoms with Gasteiger partial charge in [0.1, 0.15) is 5.82 Å². The molecule has 0 aliphatic carbocycles. The molecule has 3 rings (SSSR count). The van der Waals surface area contributed by atoms with E-state index >= 15 is 0 Å². The van der Waals surface area contributed by atoms with Crippen molar-refractivity contribution in [3.05, 3.63) is 36.3 Å². The van der Waals surface area contributed by atoms with E-state index in [9.17, 15) is 4.79 Å². The molecule has 0 saturated heterocycles. The number of hydrogen-bond donors (Lipinski definition) is 1. The zero-order chi connectivity index (χ0) is 15.5. The van der Waals surface area contributed by atoms with Gasteiger partial charge in [0.05, 0.1) is 10.9 Å². The maximum Gasteiger partial charge on any atom is 0.237 e. The molecule has 5 heteroatoms. The van der Waals surface area contributed by atoms with Crippen LogP contribution in [0, 0.1) is 0 Å². The van der Waals surface area contributed by atoms with Crippen molar-refractivity contribution in [1.29, 1.82) is 0 Å². The summed E-state index contributed by atoms with van der Waals surface area (Å²) in [6.07, 6.45) is 7.57. The van der Waals surface area contributed by atoms with Crippen molar-refractivity contribution in [3.8, 4) is 11.3 Å². The highest BCUT2D eigenvalue weighted by Crippen LogP contribution is 2.25. The fourth-order valence-electron chi connectivity index (χ4n) is 2.66. The molecule has 0 saturated carbocycles. The first-order valence-electron chi connectivity index (χ1n) is 7.67. The highest BCUT2D eigenvalue weighted by atomic mass is 32.2. The van der Waals surface area contributed by atoms with Crippen molar-refractivity contribution < 1.29 is 4.79 Å².